The number of anilines is 2. The fourth-order valence-electron chi connectivity index (χ4n) is 2.20. The quantitative estimate of drug-likeness (QED) is 0.884. The summed E-state index contributed by atoms with van der Waals surface area (Å²) in [6, 6.07) is 6.98. The normalized spacial score (nSPS) is 13.9. The lowest BCUT2D eigenvalue weighted by atomic mass is 10.1. The minimum atomic E-state index is -3.59. The van der Waals surface area contributed by atoms with E-state index in [1.165, 1.54) is 16.9 Å². The summed E-state index contributed by atoms with van der Waals surface area (Å²) in [4.78, 5) is 0. The van der Waals surface area contributed by atoms with Crippen LogP contribution in [-0.4, -0.2) is 24.7 Å². The van der Waals surface area contributed by atoms with E-state index >= 15 is 0 Å². The number of benzene rings is 1. The first kappa shape index (κ1) is 12.0. The van der Waals surface area contributed by atoms with Crippen LogP contribution in [0.25, 0.3) is 0 Å². The summed E-state index contributed by atoms with van der Waals surface area (Å²) in [6.07, 6.45) is 2.37. The van der Waals surface area contributed by atoms with Crippen LogP contribution in [0, 0.1) is 0 Å². The molecule has 0 amide bonds. The minimum Gasteiger partial charge on any atom is -0.384 e. The van der Waals surface area contributed by atoms with Crippen LogP contribution in [0.2, 0.25) is 0 Å². The van der Waals surface area contributed by atoms with Gasteiger partial charge in [0.2, 0.25) is 0 Å². The molecule has 2 N–H and O–H groups in total. The minimum absolute atomic E-state index is 0.145. The molecule has 1 aromatic heterocycles. The highest BCUT2D eigenvalue weighted by molar-refractivity contribution is 7.92. The molecule has 0 radical (unpaired) electrons. The maximum absolute atomic E-state index is 12.2. The number of sulfonamides is 1. The molecule has 1 aliphatic heterocycles. The van der Waals surface area contributed by atoms with Gasteiger partial charge in [-0.05, 0) is 36.2 Å². The van der Waals surface area contributed by atoms with Crippen LogP contribution in [0.15, 0.2) is 35.5 Å². The first-order valence-electron chi connectivity index (χ1n) is 5.94. The van der Waals surface area contributed by atoms with Gasteiger partial charge in [0.05, 0.1) is 6.20 Å². The van der Waals surface area contributed by atoms with Crippen LogP contribution >= 0.6 is 0 Å². The topological polar surface area (TPSA) is 76.0 Å². The van der Waals surface area contributed by atoms with E-state index in [4.69, 9.17) is 0 Å². The van der Waals surface area contributed by atoms with E-state index in [2.05, 4.69) is 15.1 Å². The molecule has 7 heteroatoms. The number of nitrogens with zero attached hydrogens (tertiary/aromatic N) is 2. The van der Waals surface area contributed by atoms with Gasteiger partial charge in [-0.2, -0.15) is 13.5 Å². The van der Waals surface area contributed by atoms with Crippen LogP contribution in [0.4, 0.5) is 11.4 Å². The second-order valence-corrected chi connectivity index (χ2v) is 6.08. The molecule has 2 heterocycles. The fourth-order valence-corrected chi connectivity index (χ4v) is 3.38. The number of aromatic nitrogens is 2. The average molecular weight is 278 g/mol. The van der Waals surface area contributed by atoms with Gasteiger partial charge in [0.1, 0.15) is 0 Å². The van der Waals surface area contributed by atoms with Crippen LogP contribution in [0.5, 0.6) is 0 Å². The molecular formula is C12H14N4O2S. The molecule has 0 bridgehead atoms. The highest BCUT2D eigenvalue weighted by Crippen LogP contribution is 2.26. The summed E-state index contributed by atoms with van der Waals surface area (Å²) in [6.45, 7) is 0.896. The van der Waals surface area contributed by atoms with Crippen molar-refractivity contribution in [3.8, 4) is 0 Å². The number of hydrogen-bond acceptors (Lipinski definition) is 4. The first-order valence-corrected chi connectivity index (χ1v) is 7.42. The Kier molecular flexibility index (Phi) is 2.70. The molecule has 1 aliphatic rings. The Morgan fingerprint density at radius 2 is 2.21 bits per heavy atom. The monoisotopic (exact) mass is 278 g/mol. The maximum atomic E-state index is 12.2. The number of fused-ring (bicyclic) bond motifs is 1. The van der Waals surface area contributed by atoms with Crippen LogP contribution in [0.3, 0.4) is 0 Å². The lowest BCUT2D eigenvalue weighted by Gasteiger charge is -2.09. The van der Waals surface area contributed by atoms with Gasteiger partial charge >= 0.3 is 0 Å². The van der Waals surface area contributed by atoms with E-state index in [9.17, 15) is 8.42 Å². The van der Waals surface area contributed by atoms with Crippen molar-refractivity contribution in [3.05, 3.63) is 36.0 Å². The SMILES string of the molecule is Cn1nccc1S(=O)(=O)Nc1ccc2c(c1)CCN2. The van der Waals surface area contributed by atoms with Gasteiger partial charge < -0.3 is 5.32 Å². The van der Waals surface area contributed by atoms with Crippen molar-refractivity contribution in [1.29, 1.82) is 0 Å². The fraction of sp³-hybridized carbons (Fsp3) is 0.250. The van der Waals surface area contributed by atoms with Crippen LogP contribution < -0.4 is 10.0 Å². The van der Waals surface area contributed by atoms with Gasteiger partial charge in [-0.25, -0.2) is 0 Å². The third-order valence-electron chi connectivity index (χ3n) is 3.12. The van der Waals surface area contributed by atoms with Gasteiger partial charge in [-0.3, -0.25) is 9.40 Å². The zero-order chi connectivity index (χ0) is 13.5. The van der Waals surface area contributed by atoms with E-state index in [-0.39, 0.29) is 5.03 Å². The van der Waals surface area contributed by atoms with E-state index < -0.39 is 10.0 Å². The summed E-state index contributed by atoms with van der Waals surface area (Å²) >= 11 is 0. The predicted octanol–water partition coefficient (Wildman–Crippen LogP) is 1.19. The standard InChI is InChI=1S/C12H14N4O2S/c1-16-12(5-7-14-16)19(17,18)15-10-2-3-11-9(8-10)4-6-13-11/h2-3,5,7-8,13,15H,4,6H2,1H3. The molecule has 2 aromatic rings. The van der Waals surface area contributed by atoms with Gasteiger partial charge in [0.15, 0.2) is 5.03 Å². The van der Waals surface area contributed by atoms with Crippen molar-refractivity contribution in [2.24, 2.45) is 7.05 Å². The van der Waals surface area contributed by atoms with Crippen molar-refractivity contribution < 1.29 is 8.42 Å². The van der Waals surface area contributed by atoms with Crippen LogP contribution in [-0.2, 0) is 23.5 Å². The summed E-state index contributed by atoms with van der Waals surface area (Å²) in [7, 11) is -1.99. The Morgan fingerprint density at radius 3 is 2.95 bits per heavy atom. The molecule has 0 saturated heterocycles. The van der Waals surface area contributed by atoms with E-state index in [0.29, 0.717) is 5.69 Å². The molecular weight excluding hydrogens is 264 g/mol. The van der Waals surface area contributed by atoms with Crippen molar-refractivity contribution in [2.45, 2.75) is 11.4 Å². The van der Waals surface area contributed by atoms with E-state index in [1.807, 2.05) is 12.1 Å². The molecule has 0 fully saturated rings. The third-order valence-corrected chi connectivity index (χ3v) is 4.57. The molecule has 0 unspecified atom stereocenters. The van der Waals surface area contributed by atoms with Crippen molar-refractivity contribution in [3.63, 3.8) is 0 Å². The van der Waals surface area contributed by atoms with Gasteiger partial charge in [-0.1, -0.05) is 0 Å². The zero-order valence-electron chi connectivity index (χ0n) is 10.4. The molecule has 6 nitrogen and oxygen atoms in total. The largest absolute Gasteiger partial charge is 0.384 e. The highest BCUT2D eigenvalue weighted by Gasteiger charge is 2.19. The molecule has 19 heavy (non-hydrogen) atoms. The molecule has 3 rings (SSSR count). The predicted molar refractivity (Wildman–Crippen MR) is 72.7 cm³/mol. The second-order valence-electron chi connectivity index (χ2n) is 4.45. The van der Waals surface area contributed by atoms with Crippen LogP contribution in [0.1, 0.15) is 5.56 Å². The average Bonchev–Trinajstić information content (AvgIpc) is 2.96. The number of rotatable bonds is 3. The number of hydrogen-bond donors (Lipinski definition) is 2. The van der Waals surface area contributed by atoms with Crippen molar-refractivity contribution >= 4 is 21.4 Å². The smallest absolute Gasteiger partial charge is 0.279 e. The molecule has 1 aromatic carbocycles. The summed E-state index contributed by atoms with van der Waals surface area (Å²) < 4.78 is 28.3. The Hall–Kier alpha value is -2.02. The van der Waals surface area contributed by atoms with E-state index in [0.717, 1.165) is 24.2 Å². The van der Waals surface area contributed by atoms with E-state index in [1.54, 1.807) is 13.1 Å². The molecule has 0 aliphatic carbocycles. The Labute approximate surface area is 111 Å². The van der Waals surface area contributed by atoms with Gasteiger partial charge in [0, 0.05) is 25.0 Å². The third kappa shape index (κ3) is 2.17. The summed E-state index contributed by atoms with van der Waals surface area (Å²) in [5, 5.41) is 7.25. The van der Waals surface area contributed by atoms with Gasteiger partial charge in [-0.15, -0.1) is 0 Å². The second kappa shape index (κ2) is 4.27. The molecule has 0 atom stereocenters. The van der Waals surface area contributed by atoms with Crippen molar-refractivity contribution in [2.75, 3.05) is 16.6 Å². The first-order chi connectivity index (χ1) is 9.06. The summed E-state index contributed by atoms with van der Waals surface area (Å²) in [5.41, 5.74) is 2.78. The number of aryl methyl sites for hydroxylation is 1. The molecule has 0 saturated carbocycles. The zero-order valence-corrected chi connectivity index (χ0v) is 11.2. The molecule has 100 valence electrons. The Bertz CT molecular complexity index is 721. The lowest BCUT2D eigenvalue weighted by molar-refractivity contribution is 0.582. The van der Waals surface area contributed by atoms with Gasteiger partial charge in [0.25, 0.3) is 10.0 Å². The number of nitrogens with one attached hydrogen (secondary N) is 2. The highest BCUT2D eigenvalue weighted by atomic mass is 32.2. The maximum Gasteiger partial charge on any atom is 0.279 e. The Morgan fingerprint density at radius 1 is 1.37 bits per heavy atom. The Balaban J connectivity index is 1.91. The molecule has 0 spiro atoms. The summed E-state index contributed by atoms with van der Waals surface area (Å²) in [5.74, 6) is 0. The van der Waals surface area contributed by atoms with Crippen molar-refractivity contribution in [1.82, 2.24) is 9.78 Å². The lowest BCUT2D eigenvalue weighted by Crippen LogP contribution is -2.16.